The SMILES string of the molecule is c1cc(O[C@H]2CC[C@H](OC3CCNCC3)CC2)ccn1. The maximum Gasteiger partial charge on any atom is 0.122 e. The Morgan fingerprint density at radius 1 is 0.850 bits per heavy atom. The number of hydrogen-bond acceptors (Lipinski definition) is 4. The van der Waals surface area contributed by atoms with Crippen LogP contribution in [0.15, 0.2) is 24.5 Å². The van der Waals surface area contributed by atoms with E-state index in [-0.39, 0.29) is 0 Å². The topological polar surface area (TPSA) is 43.4 Å². The largest absolute Gasteiger partial charge is 0.490 e. The first-order valence-corrected chi connectivity index (χ1v) is 7.83. The van der Waals surface area contributed by atoms with Crippen LogP contribution in [0.5, 0.6) is 5.75 Å². The van der Waals surface area contributed by atoms with E-state index in [9.17, 15) is 0 Å². The van der Waals surface area contributed by atoms with Gasteiger partial charge in [0.1, 0.15) is 5.75 Å². The predicted octanol–water partition coefficient (Wildman–Crippen LogP) is 2.54. The van der Waals surface area contributed by atoms with Gasteiger partial charge in [-0.25, -0.2) is 0 Å². The van der Waals surface area contributed by atoms with Crippen molar-refractivity contribution in [3.8, 4) is 5.75 Å². The molecule has 1 saturated heterocycles. The second-order valence-electron chi connectivity index (χ2n) is 5.78. The van der Waals surface area contributed by atoms with Gasteiger partial charge in [-0.05, 0) is 63.7 Å². The highest BCUT2D eigenvalue weighted by molar-refractivity contribution is 5.17. The molecule has 3 rings (SSSR count). The van der Waals surface area contributed by atoms with Crippen LogP contribution < -0.4 is 10.1 Å². The third-order valence-corrected chi connectivity index (χ3v) is 4.24. The number of hydrogen-bond donors (Lipinski definition) is 1. The smallest absolute Gasteiger partial charge is 0.122 e. The van der Waals surface area contributed by atoms with Crippen LogP contribution in [0.25, 0.3) is 0 Å². The van der Waals surface area contributed by atoms with Crippen LogP contribution in [0, 0.1) is 0 Å². The predicted molar refractivity (Wildman–Crippen MR) is 77.9 cm³/mol. The van der Waals surface area contributed by atoms with Crippen molar-refractivity contribution in [3.05, 3.63) is 24.5 Å². The molecular weight excluding hydrogens is 252 g/mol. The Kier molecular flexibility index (Phi) is 4.87. The molecule has 2 heterocycles. The molecule has 0 atom stereocenters. The van der Waals surface area contributed by atoms with E-state index in [2.05, 4.69) is 10.3 Å². The molecule has 0 bridgehead atoms. The maximum atomic E-state index is 6.23. The Labute approximate surface area is 120 Å². The van der Waals surface area contributed by atoms with Gasteiger partial charge in [0.2, 0.25) is 0 Å². The lowest BCUT2D eigenvalue weighted by atomic mass is 9.94. The summed E-state index contributed by atoms with van der Waals surface area (Å²) in [5.74, 6) is 0.933. The fourth-order valence-electron chi connectivity index (χ4n) is 3.10. The summed E-state index contributed by atoms with van der Waals surface area (Å²) in [6.07, 6.45) is 11.6. The number of ether oxygens (including phenoxy) is 2. The van der Waals surface area contributed by atoms with Crippen molar-refractivity contribution in [2.45, 2.75) is 56.8 Å². The average Bonchev–Trinajstić information content (AvgIpc) is 2.51. The Hall–Kier alpha value is -1.13. The zero-order valence-electron chi connectivity index (χ0n) is 12.0. The lowest BCUT2D eigenvalue weighted by Gasteiger charge is -2.33. The van der Waals surface area contributed by atoms with Gasteiger partial charge in [-0.2, -0.15) is 0 Å². The summed E-state index contributed by atoms with van der Waals surface area (Å²) in [5, 5.41) is 3.38. The second-order valence-corrected chi connectivity index (χ2v) is 5.78. The molecule has 20 heavy (non-hydrogen) atoms. The minimum absolute atomic E-state index is 0.338. The Morgan fingerprint density at radius 3 is 2.15 bits per heavy atom. The van der Waals surface area contributed by atoms with E-state index in [0.717, 1.165) is 57.4 Å². The second kappa shape index (κ2) is 7.04. The summed E-state index contributed by atoms with van der Waals surface area (Å²) in [4.78, 5) is 4.01. The first kappa shape index (κ1) is 13.8. The van der Waals surface area contributed by atoms with Gasteiger partial charge in [0, 0.05) is 12.4 Å². The fourth-order valence-corrected chi connectivity index (χ4v) is 3.10. The van der Waals surface area contributed by atoms with Crippen molar-refractivity contribution in [1.82, 2.24) is 10.3 Å². The summed E-state index contributed by atoms with van der Waals surface area (Å²) in [6, 6.07) is 3.86. The van der Waals surface area contributed by atoms with E-state index in [1.807, 2.05) is 12.1 Å². The number of piperidine rings is 1. The van der Waals surface area contributed by atoms with E-state index in [1.54, 1.807) is 12.4 Å². The highest BCUT2D eigenvalue weighted by Crippen LogP contribution is 2.27. The van der Waals surface area contributed by atoms with Crippen molar-refractivity contribution < 1.29 is 9.47 Å². The Balaban J connectivity index is 1.40. The summed E-state index contributed by atoms with van der Waals surface area (Å²) >= 11 is 0. The Bertz CT molecular complexity index is 385. The van der Waals surface area contributed by atoms with Gasteiger partial charge in [-0.3, -0.25) is 4.98 Å². The number of aromatic nitrogens is 1. The molecule has 1 aromatic rings. The molecular formula is C16H24N2O2. The first-order chi connectivity index (χ1) is 9.90. The van der Waals surface area contributed by atoms with E-state index in [4.69, 9.17) is 9.47 Å². The minimum atomic E-state index is 0.338. The molecule has 0 aromatic carbocycles. The molecule has 1 aliphatic carbocycles. The fraction of sp³-hybridized carbons (Fsp3) is 0.688. The van der Waals surface area contributed by atoms with Gasteiger partial charge in [0.05, 0.1) is 18.3 Å². The van der Waals surface area contributed by atoms with E-state index < -0.39 is 0 Å². The molecule has 0 amide bonds. The zero-order chi connectivity index (χ0) is 13.6. The van der Waals surface area contributed by atoms with Crippen LogP contribution in [0.2, 0.25) is 0 Å². The normalized spacial score (nSPS) is 28.2. The number of nitrogens with one attached hydrogen (secondary N) is 1. The van der Waals surface area contributed by atoms with Crippen molar-refractivity contribution >= 4 is 0 Å². The van der Waals surface area contributed by atoms with Gasteiger partial charge in [-0.1, -0.05) is 0 Å². The number of nitrogens with zero attached hydrogens (tertiary/aromatic N) is 1. The quantitative estimate of drug-likeness (QED) is 0.918. The van der Waals surface area contributed by atoms with Crippen LogP contribution in [0.3, 0.4) is 0 Å². The van der Waals surface area contributed by atoms with Crippen LogP contribution in [-0.2, 0) is 4.74 Å². The molecule has 0 spiro atoms. The summed E-state index contributed by atoms with van der Waals surface area (Å²) in [6.45, 7) is 2.20. The van der Waals surface area contributed by atoms with Gasteiger partial charge in [0.25, 0.3) is 0 Å². The van der Waals surface area contributed by atoms with Crippen LogP contribution >= 0.6 is 0 Å². The van der Waals surface area contributed by atoms with Crippen molar-refractivity contribution in [2.75, 3.05) is 13.1 Å². The highest BCUT2D eigenvalue weighted by Gasteiger charge is 2.25. The lowest BCUT2D eigenvalue weighted by molar-refractivity contribution is -0.0548. The molecule has 1 saturated carbocycles. The zero-order valence-corrected chi connectivity index (χ0v) is 12.0. The monoisotopic (exact) mass is 276 g/mol. The molecule has 4 heteroatoms. The van der Waals surface area contributed by atoms with Crippen LogP contribution in [0.1, 0.15) is 38.5 Å². The molecule has 0 unspecified atom stereocenters. The third kappa shape index (κ3) is 3.93. The average molecular weight is 276 g/mol. The number of rotatable bonds is 4. The molecule has 1 aliphatic heterocycles. The van der Waals surface area contributed by atoms with E-state index in [0.29, 0.717) is 18.3 Å². The lowest BCUT2D eigenvalue weighted by Crippen LogP contribution is -2.37. The van der Waals surface area contributed by atoms with Gasteiger partial charge in [-0.15, -0.1) is 0 Å². The molecule has 2 aliphatic rings. The van der Waals surface area contributed by atoms with Gasteiger partial charge in [0.15, 0.2) is 0 Å². The molecule has 2 fully saturated rings. The summed E-state index contributed by atoms with van der Waals surface area (Å²) in [5.41, 5.74) is 0. The van der Waals surface area contributed by atoms with E-state index in [1.165, 1.54) is 0 Å². The summed E-state index contributed by atoms with van der Waals surface area (Å²) in [7, 11) is 0. The molecule has 1 aromatic heterocycles. The molecule has 0 radical (unpaired) electrons. The standard InChI is InChI=1S/C16H24N2O2/c1-2-14(20-16-7-11-18-12-8-16)4-3-13(1)19-15-5-9-17-10-6-15/h5-6,9-10,13-14,16,18H,1-4,7-8,11-12H2/t13-,14-. The first-order valence-electron chi connectivity index (χ1n) is 7.83. The van der Waals surface area contributed by atoms with Crippen molar-refractivity contribution in [1.29, 1.82) is 0 Å². The minimum Gasteiger partial charge on any atom is -0.490 e. The summed E-state index contributed by atoms with van der Waals surface area (Å²) < 4.78 is 12.2. The molecule has 110 valence electrons. The van der Waals surface area contributed by atoms with Crippen molar-refractivity contribution in [3.63, 3.8) is 0 Å². The maximum absolute atomic E-state index is 6.23. The van der Waals surface area contributed by atoms with Gasteiger partial charge >= 0.3 is 0 Å². The third-order valence-electron chi connectivity index (χ3n) is 4.24. The highest BCUT2D eigenvalue weighted by atomic mass is 16.5. The van der Waals surface area contributed by atoms with Crippen molar-refractivity contribution in [2.24, 2.45) is 0 Å². The number of pyridine rings is 1. The van der Waals surface area contributed by atoms with Crippen LogP contribution in [-0.4, -0.2) is 36.4 Å². The van der Waals surface area contributed by atoms with Crippen LogP contribution in [0.4, 0.5) is 0 Å². The molecule has 1 N–H and O–H groups in total. The molecule has 4 nitrogen and oxygen atoms in total. The Morgan fingerprint density at radius 2 is 1.45 bits per heavy atom. The van der Waals surface area contributed by atoms with Gasteiger partial charge < -0.3 is 14.8 Å². The van der Waals surface area contributed by atoms with E-state index >= 15 is 0 Å².